The lowest BCUT2D eigenvalue weighted by molar-refractivity contribution is -0.661. The lowest BCUT2D eigenvalue weighted by atomic mass is 10.0. The Kier molecular flexibility index (Phi) is 19.5. The highest BCUT2D eigenvalue weighted by Gasteiger charge is 2.19. The minimum Gasteiger partial charge on any atom is -0.201 e. The number of hydrogen-bond donors (Lipinski definition) is 0. The molecular formula is C87H102N6+6. The van der Waals surface area contributed by atoms with Gasteiger partial charge in [0.25, 0.3) is 0 Å². The van der Waals surface area contributed by atoms with Gasteiger partial charge >= 0.3 is 0 Å². The van der Waals surface area contributed by atoms with Crippen molar-refractivity contribution in [1.29, 1.82) is 0 Å². The summed E-state index contributed by atoms with van der Waals surface area (Å²) in [5, 5.41) is 0. The first-order valence-corrected chi connectivity index (χ1v) is 31.5. The average molecular weight is 1240 g/mol. The molecule has 6 aromatic heterocycles. The summed E-state index contributed by atoms with van der Waals surface area (Å²) in [6.07, 6.45) is 11.3. The number of aryl methyl sites for hydroxylation is 19. The molecule has 474 valence electrons. The molecule has 6 heterocycles. The molecule has 6 aromatic carbocycles. The molecule has 0 aliphatic heterocycles. The summed E-state index contributed by atoms with van der Waals surface area (Å²) in [5.41, 5.74) is 27.0. The van der Waals surface area contributed by atoms with E-state index >= 15 is 0 Å². The quantitative estimate of drug-likeness (QED) is 0.148. The molecule has 0 atom stereocenters. The highest BCUT2D eigenvalue weighted by Crippen LogP contribution is 2.27. The van der Waals surface area contributed by atoms with E-state index < -0.39 is 27.4 Å². The number of aromatic nitrogens is 6. The summed E-state index contributed by atoms with van der Waals surface area (Å²) in [6.45, 7) is 13.6. The van der Waals surface area contributed by atoms with Crippen molar-refractivity contribution in [2.75, 3.05) is 0 Å². The Morgan fingerprint density at radius 2 is 0.602 bits per heavy atom. The first kappa shape index (κ1) is 54.9. The van der Waals surface area contributed by atoms with Crippen molar-refractivity contribution in [1.82, 2.24) is 0 Å². The van der Waals surface area contributed by atoms with Crippen LogP contribution >= 0.6 is 0 Å². The van der Waals surface area contributed by atoms with Gasteiger partial charge in [-0.2, -0.15) is 0 Å². The van der Waals surface area contributed by atoms with Crippen LogP contribution in [0.3, 0.4) is 0 Å². The van der Waals surface area contributed by atoms with Crippen LogP contribution in [0.15, 0.2) is 237 Å². The SMILES string of the molecule is Cc1cc(-c2ccccc2C)[n+](C)cc1C.Cc1ccc(-c2cccc[n+]2C)c(C)c1.Cc1cccc(-c2cccc[n+]2C)c1C.Cc1cccc(-c2cccc[n+]2C)c1C.[2H]C([2H])([2H])c1cc(-c2ccccc2C)[n+](C)cc1C([2H])([2H])[2H].[2H]C([2H])([2H])c1cc(C([2H])([2H])[2H])c(-c2ccccc2C)[n+](C)c1. The van der Waals surface area contributed by atoms with E-state index in [9.17, 15) is 0 Å². The van der Waals surface area contributed by atoms with E-state index in [2.05, 4.69) is 267 Å². The molecule has 0 aliphatic rings. The fraction of sp³-hybridized carbons (Fsp3) is 0.241. The fourth-order valence-electron chi connectivity index (χ4n) is 11.3. The Morgan fingerprint density at radius 1 is 0.226 bits per heavy atom. The molecule has 0 radical (unpaired) electrons. The topological polar surface area (TPSA) is 23.3 Å². The van der Waals surface area contributed by atoms with Crippen LogP contribution in [0, 0.1) is 104 Å². The van der Waals surface area contributed by atoms with Crippen LogP contribution in [0.2, 0.25) is 0 Å². The van der Waals surface area contributed by atoms with Crippen LogP contribution in [0.5, 0.6) is 0 Å². The molecule has 0 aliphatic carbocycles. The van der Waals surface area contributed by atoms with E-state index in [1.54, 1.807) is 23.2 Å². The van der Waals surface area contributed by atoms with Gasteiger partial charge in [0, 0.05) is 121 Å². The maximum Gasteiger partial charge on any atom is 0.215 e. The van der Waals surface area contributed by atoms with E-state index in [1.807, 2.05) is 68.4 Å². The smallest absolute Gasteiger partial charge is 0.201 e. The molecule has 6 heteroatoms. The van der Waals surface area contributed by atoms with Crippen LogP contribution in [-0.2, 0) is 42.3 Å². The molecule has 0 saturated heterocycles. The summed E-state index contributed by atoms with van der Waals surface area (Å²) < 4.78 is 103. The van der Waals surface area contributed by atoms with Gasteiger partial charge in [0.05, 0.1) is 0 Å². The zero-order valence-corrected chi connectivity index (χ0v) is 57.7. The van der Waals surface area contributed by atoms with Gasteiger partial charge in [0.1, 0.15) is 42.3 Å². The Bertz CT molecular complexity index is 4920. The summed E-state index contributed by atoms with van der Waals surface area (Å²) in [5.74, 6) is 0. The summed E-state index contributed by atoms with van der Waals surface area (Å²) >= 11 is 0. The standard InChI is InChI=1S/3C15H18N.3C14H16N/c1-11-9-13(3)15(16(4)10-11)14-8-6-5-7-12(14)2;2*1-11-7-5-6-8-14(11)15-9-12(2)13(3)10-16(15)4;2*1-11-7-6-8-13(12(11)2)14-9-4-5-10-15(14)3;1-11-7-8-13(12(2)10-11)14-6-4-5-9-15(14)3/h3*5-10H,1-4H3;3*4-10H,1-3H3/q6*+1/i1D3,3D3;2D3,3D3;;;;. The van der Waals surface area contributed by atoms with Gasteiger partial charge in [-0.15, -0.1) is 0 Å². The van der Waals surface area contributed by atoms with E-state index in [1.165, 1.54) is 120 Å². The second-order valence-corrected chi connectivity index (χ2v) is 24.2. The average Bonchev–Trinajstić information content (AvgIpc) is 0.771. The Morgan fingerprint density at radius 3 is 1.03 bits per heavy atom. The van der Waals surface area contributed by atoms with Gasteiger partial charge in [0.15, 0.2) is 37.2 Å². The van der Waals surface area contributed by atoms with Gasteiger partial charge in [0.2, 0.25) is 34.2 Å². The zero-order valence-electron chi connectivity index (χ0n) is 69.7. The lowest BCUT2D eigenvalue weighted by Gasteiger charge is -2.07. The summed E-state index contributed by atoms with van der Waals surface area (Å²) in [7, 11) is 11.7. The molecular weight excluding hydrogens is 1130 g/mol. The van der Waals surface area contributed by atoms with Crippen LogP contribution < -0.4 is 27.4 Å². The number of hydrogen-bond acceptors (Lipinski definition) is 0. The number of nitrogens with zero attached hydrogens (tertiary/aromatic N) is 6. The van der Waals surface area contributed by atoms with Crippen molar-refractivity contribution < 1.29 is 43.9 Å². The van der Waals surface area contributed by atoms with E-state index in [4.69, 9.17) is 16.4 Å². The Labute approximate surface area is 575 Å². The third-order valence-electron chi connectivity index (χ3n) is 17.1. The van der Waals surface area contributed by atoms with Crippen LogP contribution in [0.4, 0.5) is 0 Å². The first-order chi connectivity index (χ1) is 49.2. The Balaban J connectivity index is 0.000000177. The van der Waals surface area contributed by atoms with Gasteiger partial charge in [-0.1, -0.05) is 96.6 Å². The van der Waals surface area contributed by atoms with Crippen molar-refractivity contribution in [3.8, 4) is 67.5 Å². The normalized spacial score (nSPS) is 12.9. The Hall–Kier alpha value is -9.78. The molecule has 0 saturated carbocycles. The van der Waals surface area contributed by atoms with Crippen molar-refractivity contribution in [2.45, 2.75) is 104 Å². The van der Waals surface area contributed by atoms with Crippen molar-refractivity contribution >= 4 is 0 Å². The molecule has 0 fully saturated rings. The van der Waals surface area contributed by atoms with Gasteiger partial charge in [-0.25, -0.2) is 27.4 Å². The van der Waals surface area contributed by atoms with Gasteiger partial charge in [-0.05, 0) is 220 Å². The fourth-order valence-corrected chi connectivity index (χ4v) is 11.3. The zero-order chi connectivity index (χ0) is 77.6. The molecule has 0 unspecified atom stereocenters. The third kappa shape index (κ3) is 18.5. The molecule has 6 nitrogen and oxygen atoms in total. The van der Waals surface area contributed by atoms with Crippen LogP contribution in [0.1, 0.15) is 99.9 Å². The minimum absolute atomic E-state index is 0.0264. The predicted octanol–water partition coefficient (Wildman–Crippen LogP) is 17.7. The monoisotopic (exact) mass is 1240 g/mol. The molecule has 0 bridgehead atoms. The number of pyridine rings is 6. The first-order valence-electron chi connectivity index (χ1n) is 37.5. The maximum absolute atomic E-state index is 7.77. The third-order valence-corrected chi connectivity index (χ3v) is 17.1. The predicted molar refractivity (Wildman–Crippen MR) is 389 cm³/mol. The van der Waals surface area contributed by atoms with E-state index in [0.717, 1.165) is 22.3 Å². The molecule has 0 spiro atoms. The lowest BCUT2D eigenvalue weighted by Crippen LogP contribution is -2.32. The molecule has 12 aromatic rings. The summed E-state index contributed by atoms with van der Waals surface area (Å²) in [6, 6.07) is 66.9. The summed E-state index contributed by atoms with van der Waals surface area (Å²) in [4.78, 5) is 0. The van der Waals surface area contributed by atoms with Gasteiger partial charge < -0.3 is 0 Å². The molecule has 93 heavy (non-hydrogen) atoms. The van der Waals surface area contributed by atoms with Crippen LogP contribution in [-0.4, -0.2) is 0 Å². The van der Waals surface area contributed by atoms with Crippen LogP contribution in [0.25, 0.3) is 67.5 Å². The second kappa shape index (κ2) is 33.0. The second-order valence-electron chi connectivity index (χ2n) is 24.2. The minimum atomic E-state index is -2.48. The largest absolute Gasteiger partial charge is 0.215 e. The highest BCUT2D eigenvalue weighted by molar-refractivity contribution is 5.67. The molecule has 0 amide bonds. The van der Waals surface area contributed by atoms with Crippen molar-refractivity contribution in [3.63, 3.8) is 0 Å². The van der Waals surface area contributed by atoms with E-state index in [0.29, 0.717) is 11.4 Å². The maximum atomic E-state index is 7.77. The van der Waals surface area contributed by atoms with E-state index in [-0.39, 0.29) is 22.3 Å². The van der Waals surface area contributed by atoms with Crippen molar-refractivity contribution in [2.24, 2.45) is 42.3 Å². The van der Waals surface area contributed by atoms with Gasteiger partial charge in [-0.3, -0.25) is 0 Å². The highest BCUT2D eigenvalue weighted by atomic mass is 14.9. The number of rotatable bonds is 6. The molecule has 12 rings (SSSR count). The number of benzene rings is 6. The molecule has 0 N–H and O–H groups in total. The van der Waals surface area contributed by atoms with Crippen molar-refractivity contribution in [3.05, 3.63) is 321 Å².